The highest BCUT2D eigenvalue weighted by atomic mass is 16.5. The van der Waals surface area contributed by atoms with Crippen LogP contribution in [0.15, 0.2) is 42.5 Å². The lowest BCUT2D eigenvalue weighted by atomic mass is 10.1. The summed E-state index contributed by atoms with van der Waals surface area (Å²) in [5.74, 6) is 1.55. The van der Waals surface area contributed by atoms with Crippen LogP contribution in [0.2, 0.25) is 0 Å². The minimum atomic E-state index is -0.0893. The summed E-state index contributed by atoms with van der Waals surface area (Å²) in [4.78, 5) is 14.1. The summed E-state index contributed by atoms with van der Waals surface area (Å²) in [6, 6.07) is 13.8. The molecule has 5 nitrogen and oxygen atoms in total. The number of aryl methyl sites for hydroxylation is 1. The minimum absolute atomic E-state index is 0.0355. The van der Waals surface area contributed by atoms with E-state index in [0.717, 1.165) is 35.6 Å². The van der Waals surface area contributed by atoms with Gasteiger partial charge in [0.1, 0.15) is 11.5 Å². The predicted octanol–water partition coefficient (Wildman–Crippen LogP) is 3.46. The molecule has 1 amide bonds. The van der Waals surface area contributed by atoms with Crippen LogP contribution in [-0.4, -0.2) is 25.7 Å². The first kappa shape index (κ1) is 18.3. The van der Waals surface area contributed by atoms with Crippen molar-refractivity contribution in [1.82, 2.24) is 0 Å². The van der Waals surface area contributed by atoms with E-state index in [-0.39, 0.29) is 18.6 Å². The molecular formula is C21H26N2O3. The molecular weight excluding hydrogens is 328 g/mol. The zero-order valence-corrected chi connectivity index (χ0v) is 15.4. The number of nitrogens with zero attached hydrogens (tertiary/aromatic N) is 1. The van der Waals surface area contributed by atoms with E-state index in [1.54, 1.807) is 4.90 Å². The van der Waals surface area contributed by atoms with E-state index in [9.17, 15) is 4.79 Å². The van der Waals surface area contributed by atoms with E-state index in [4.69, 9.17) is 15.2 Å². The van der Waals surface area contributed by atoms with Gasteiger partial charge in [0.2, 0.25) is 0 Å². The van der Waals surface area contributed by atoms with Crippen molar-refractivity contribution in [3.05, 3.63) is 53.6 Å². The predicted molar refractivity (Wildman–Crippen MR) is 103 cm³/mol. The fourth-order valence-corrected chi connectivity index (χ4v) is 2.98. The van der Waals surface area contributed by atoms with Crippen LogP contribution in [0.25, 0.3) is 0 Å². The van der Waals surface area contributed by atoms with Crippen molar-refractivity contribution in [1.29, 1.82) is 0 Å². The highest BCUT2D eigenvalue weighted by Crippen LogP contribution is 2.34. The molecule has 3 rings (SSSR count). The molecule has 0 saturated heterocycles. The summed E-state index contributed by atoms with van der Waals surface area (Å²) in [7, 11) is 0. The van der Waals surface area contributed by atoms with Crippen molar-refractivity contribution in [2.24, 2.45) is 5.73 Å². The fraction of sp³-hybridized carbons (Fsp3) is 0.381. The second kappa shape index (κ2) is 8.23. The van der Waals surface area contributed by atoms with Crippen LogP contribution in [-0.2, 0) is 11.2 Å². The molecule has 0 spiro atoms. The number of hydrogen-bond donors (Lipinski definition) is 1. The average molecular weight is 354 g/mol. The number of carbonyl (C=O) groups is 1. The standard InChI is InChI=1S/C21H26N2O3/c1-3-16-5-8-18(9-6-16)25-12-4-11-23-19-13-17(15(2)22)7-10-20(19)26-14-21(23)24/h5-10,13,15H,3-4,11-12,14,22H2,1-2H3. The summed E-state index contributed by atoms with van der Waals surface area (Å²) in [6.45, 7) is 5.27. The third-order valence-corrected chi connectivity index (χ3v) is 4.58. The average Bonchev–Trinajstić information content (AvgIpc) is 2.66. The van der Waals surface area contributed by atoms with Crippen molar-refractivity contribution in [2.75, 3.05) is 24.7 Å². The summed E-state index contributed by atoms with van der Waals surface area (Å²) in [5, 5.41) is 0. The zero-order chi connectivity index (χ0) is 18.5. The van der Waals surface area contributed by atoms with Crippen LogP contribution < -0.4 is 20.1 Å². The number of ether oxygens (including phenoxy) is 2. The summed E-state index contributed by atoms with van der Waals surface area (Å²) in [5.41, 5.74) is 9.04. The number of nitrogens with two attached hydrogens (primary N) is 1. The second-order valence-electron chi connectivity index (χ2n) is 6.55. The maximum Gasteiger partial charge on any atom is 0.265 e. The van der Waals surface area contributed by atoms with E-state index < -0.39 is 0 Å². The maximum atomic E-state index is 12.3. The first-order chi connectivity index (χ1) is 12.6. The Hall–Kier alpha value is -2.53. The van der Waals surface area contributed by atoms with Gasteiger partial charge in [-0.3, -0.25) is 4.79 Å². The van der Waals surface area contributed by atoms with Gasteiger partial charge in [0.25, 0.3) is 5.91 Å². The third-order valence-electron chi connectivity index (χ3n) is 4.58. The Bertz CT molecular complexity index is 756. The van der Waals surface area contributed by atoms with Crippen LogP contribution in [0.5, 0.6) is 11.5 Å². The molecule has 2 N–H and O–H groups in total. The van der Waals surface area contributed by atoms with Crippen LogP contribution >= 0.6 is 0 Å². The number of amides is 1. The molecule has 2 aromatic carbocycles. The van der Waals surface area contributed by atoms with Crippen LogP contribution in [0.4, 0.5) is 5.69 Å². The Morgan fingerprint density at radius 1 is 1.23 bits per heavy atom. The highest BCUT2D eigenvalue weighted by molar-refractivity contribution is 5.97. The minimum Gasteiger partial charge on any atom is -0.494 e. The number of fused-ring (bicyclic) bond motifs is 1. The highest BCUT2D eigenvalue weighted by Gasteiger charge is 2.25. The Morgan fingerprint density at radius 3 is 2.69 bits per heavy atom. The SMILES string of the molecule is CCc1ccc(OCCCN2C(=O)COc3ccc(C(C)N)cc32)cc1. The van der Waals surface area contributed by atoms with Gasteiger partial charge in [-0.1, -0.05) is 25.1 Å². The fourth-order valence-electron chi connectivity index (χ4n) is 2.98. The van der Waals surface area contributed by atoms with E-state index in [0.29, 0.717) is 13.2 Å². The number of benzene rings is 2. The quantitative estimate of drug-likeness (QED) is 0.774. The summed E-state index contributed by atoms with van der Waals surface area (Å²) >= 11 is 0. The molecule has 2 aromatic rings. The van der Waals surface area contributed by atoms with Crippen molar-refractivity contribution in [3.8, 4) is 11.5 Å². The molecule has 1 aliphatic heterocycles. The third kappa shape index (κ3) is 4.17. The smallest absolute Gasteiger partial charge is 0.265 e. The van der Waals surface area contributed by atoms with Crippen molar-refractivity contribution < 1.29 is 14.3 Å². The molecule has 0 aliphatic carbocycles. The van der Waals surface area contributed by atoms with Gasteiger partial charge in [0, 0.05) is 12.6 Å². The first-order valence-corrected chi connectivity index (χ1v) is 9.13. The van der Waals surface area contributed by atoms with Gasteiger partial charge < -0.3 is 20.1 Å². The van der Waals surface area contributed by atoms with Crippen LogP contribution in [0.1, 0.15) is 37.4 Å². The molecule has 1 aliphatic rings. The number of rotatable bonds is 7. The topological polar surface area (TPSA) is 64.8 Å². The largest absolute Gasteiger partial charge is 0.494 e. The molecule has 1 heterocycles. The molecule has 0 radical (unpaired) electrons. The lowest BCUT2D eigenvalue weighted by molar-refractivity contribution is -0.121. The van der Waals surface area contributed by atoms with Gasteiger partial charge in [0.15, 0.2) is 6.61 Å². The van der Waals surface area contributed by atoms with E-state index in [2.05, 4.69) is 19.1 Å². The van der Waals surface area contributed by atoms with Gasteiger partial charge in [-0.2, -0.15) is 0 Å². The molecule has 1 atom stereocenters. The second-order valence-corrected chi connectivity index (χ2v) is 6.55. The number of hydrogen-bond acceptors (Lipinski definition) is 4. The van der Waals surface area contributed by atoms with Gasteiger partial charge in [0.05, 0.1) is 12.3 Å². The van der Waals surface area contributed by atoms with Crippen molar-refractivity contribution in [3.63, 3.8) is 0 Å². The van der Waals surface area contributed by atoms with Crippen molar-refractivity contribution in [2.45, 2.75) is 32.7 Å². The van der Waals surface area contributed by atoms with Crippen LogP contribution in [0.3, 0.4) is 0 Å². The first-order valence-electron chi connectivity index (χ1n) is 9.13. The van der Waals surface area contributed by atoms with E-state index >= 15 is 0 Å². The summed E-state index contributed by atoms with van der Waals surface area (Å²) in [6.07, 6.45) is 1.76. The Morgan fingerprint density at radius 2 is 2.00 bits per heavy atom. The monoisotopic (exact) mass is 354 g/mol. The Labute approximate surface area is 154 Å². The van der Waals surface area contributed by atoms with Crippen molar-refractivity contribution >= 4 is 11.6 Å². The normalized spacial score (nSPS) is 14.6. The van der Waals surface area contributed by atoms with Gasteiger partial charge in [-0.25, -0.2) is 0 Å². The molecule has 0 aromatic heterocycles. The molecule has 0 bridgehead atoms. The number of carbonyl (C=O) groups excluding carboxylic acids is 1. The molecule has 26 heavy (non-hydrogen) atoms. The molecule has 5 heteroatoms. The molecule has 1 unspecified atom stereocenters. The van der Waals surface area contributed by atoms with E-state index in [1.165, 1.54) is 5.56 Å². The van der Waals surface area contributed by atoms with Gasteiger partial charge in [-0.05, 0) is 55.2 Å². The lowest BCUT2D eigenvalue weighted by Crippen LogP contribution is -2.40. The van der Waals surface area contributed by atoms with Crippen LogP contribution in [0, 0.1) is 0 Å². The Kier molecular flexibility index (Phi) is 5.78. The lowest BCUT2D eigenvalue weighted by Gasteiger charge is -2.30. The summed E-state index contributed by atoms with van der Waals surface area (Å²) < 4.78 is 11.3. The van der Waals surface area contributed by atoms with Gasteiger partial charge >= 0.3 is 0 Å². The van der Waals surface area contributed by atoms with E-state index in [1.807, 2.05) is 37.3 Å². The molecule has 0 fully saturated rings. The maximum absolute atomic E-state index is 12.3. The van der Waals surface area contributed by atoms with Gasteiger partial charge in [-0.15, -0.1) is 0 Å². The Balaban J connectivity index is 1.60. The molecule has 0 saturated carbocycles. The molecule has 138 valence electrons. The number of anilines is 1. The zero-order valence-electron chi connectivity index (χ0n) is 15.4.